The van der Waals surface area contributed by atoms with Crippen LogP contribution in [-0.2, 0) is 4.79 Å². The Bertz CT molecular complexity index is 476. The maximum atomic E-state index is 11.5. The highest BCUT2D eigenvalue weighted by Crippen LogP contribution is 2.22. The van der Waals surface area contributed by atoms with Crippen molar-refractivity contribution in [2.75, 3.05) is 6.61 Å². The van der Waals surface area contributed by atoms with Gasteiger partial charge < -0.3 is 15.2 Å². The zero-order valence-electron chi connectivity index (χ0n) is 10.8. The molecule has 5 nitrogen and oxygen atoms in total. The van der Waals surface area contributed by atoms with Gasteiger partial charge in [-0.3, -0.25) is 4.79 Å². The maximum absolute atomic E-state index is 11.5. The summed E-state index contributed by atoms with van der Waals surface area (Å²) in [6.07, 6.45) is 0.840. The highest BCUT2D eigenvalue weighted by molar-refractivity contribution is 9.10. The van der Waals surface area contributed by atoms with Crippen molar-refractivity contribution in [2.45, 2.75) is 26.3 Å². The van der Waals surface area contributed by atoms with E-state index in [0.29, 0.717) is 10.2 Å². The summed E-state index contributed by atoms with van der Waals surface area (Å²) in [4.78, 5) is 22.4. The number of hydrogen-bond donors (Lipinski definition) is 2. The molecular formula is C13H16BrNO4. The number of hydrogen-bond acceptors (Lipinski definition) is 3. The van der Waals surface area contributed by atoms with E-state index in [1.165, 1.54) is 6.07 Å². The van der Waals surface area contributed by atoms with Gasteiger partial charge in [0.25, 0.3) is 5.91 Å². The van der Waals surface area contributed by atoms with Crippen molar-refractivity contribution >= 4 is 27.8 Å². The summed E-state index contributed by atoms with van der Waals surface area (Å²) in [5.41, 5.74) is 0.0971. The third-order valence-electron chi connectivity index (χ3n) is 2.56. The van der Waals surface area contributed by atoms with Crippen LogP contribution in [0.1, 0.15) is 30.6 Å². The van der Waals surface area contributed by atoms with E-state index in [2.05, 4.69) is 21.2 Å². The number of aromatic carboxylic acids is 1. The van der Waals surface area contributed by atoms with Crippen LogP contribution in [0.2, 0.25) is 0 Å². The predicted octanol–water partition coefficient (Wildman–Crippen LogP) is 2.44. The van der Waals surface area contributed by atoms with Gasteiger partial charge in [0.1, 0.15) is 5.75 Å². The maximum Gasteiger partial charge on any atom is 0.336 e. The molecule has 0 radical (unpaired) electrons. The Morgan fingerprint density at radius 1 is 1.47 bits per heavy atom. The Kier molecular flexibility index (Phi) is 5.82. The number of amides is 1. The molecule has 0 saturated heterocycles. The van der Waals surface area contributed by atoms with Gasteiger partial charge in [-0.25, -0.2) is 4.79 Å². The molecule has 1 rings (SSSR count). The monoisotopic (exact) mass is 329 g/mol. The van der Waals surface area contributed by atoms with Gasteiger partial charge in [0.05, 0.1) is 5.56 Å². The van der Waals surface area contributed by atoms with E-state index in [4.69, 9.17) is 9.84 Å². The molecule has 1 unspecified atom stereocenters. The summed E-state index contributed by atoms with van der Waals surface area (Å²) in [6, 6.07) is 4.65. The van der Waals surface area contributed by atoms with E-state index in [-0.39, 0.29) is 24.1 Å². The van der Waals surface area contributed by atoms with Crippen LogP contribution >= 0.6 is 15.9 Å². The SMILES string of the molecule is CCC(C)NC(=O)COc1ccc(Br)c(C(=O)O)c1. The lowest BCUT2D eigenvalue weighted by molar-refractivity contribution is -0.123. The standard InChI is InChI=1S/C13H16BrNO4/c1-3-8(2)15-12(16)7-19-9-4-5-11(14)10(6-9)13(17)18/h4-6,8H,3,7H2,1-2H3,(H,15,16)(H,17,18). The Morgan fingerprint density at radius 3 is 2.74 bits per heavy atom. The first kappa shape index (κ1) is 15.5. The molecular weight excluding hydrogens is 314 g/mol. The minimum atomic E-state index is -1.05. The lowest BCUT2D eigenvalue weighted by Gasteiger charge is -2.12. The number of halogens is 1. The summed E-state index contributed by atoms with van der Waals surface area (Å²) in [6.45, 7) is 3.74. The van der Waals surface area contributed by atoms with Gasteiger partial charge >= 0.3 is 5.97 Å². The van der Waals surface area contributed by atoms with Crippen LogP contribution in [-0.4, -0.2) is 29.6 Å². The van der Waals surface area contributed by atoms with Crippen LogP contribution in [0.4, 0.5) is 0 Å². The van der Waals surface area contributed by atoms with Crippen molar-refractivity contribution in [3.05, 3.63) is 28.2 Å². The molecule has 1 aromatic rings. The molecule has 1 amide bonds. The normalized spacial score (nSPS) is 11.7. The van der Waals surface area contributed by atoms with Gasteiger partial charge in [-0.1, -0.05) is 6.92 Å². The van der Waals surface area contributed by atoms with Gasteiger partial charge in [-0.2, -0.15) is 0 Å². The smallest absolute Gasteiger partial charge is 0.336 e. The minimum absolute atomic E-state index is 0.0931. The molecule has 0 heterocycles. The van der Waals surface area contributed by atoms with Crippen molar-refractivity contribution < 1.29 is 19.4 Å². The van der Waals surface area contributed by atoms with Gasteiger partial charge in [0.2, 0.25) is 0 Å². The van der Waals surface area contributed by atoms with Gasteiger partial charge in [-0.15, -0.1) is 0 Å². The fraction of sp³-hybridized carbons (Fsp3) is 0.385. The molecule has 1 aromatic carbocycles. The molecule has 0 aromatic heterocycles. The van der Waals surface area contributed by atoms with E-state index in [1.54, 1.807) is 12.1 Å². The Morgan fingerprint density at radius 2 is 2.16 bits per heavy atom. The highest BCUT2D eigenvalue weighted by Gasteiger charge is 2.11. The number of rotatable bonds is 6. The van der Waals surface area contributed by atoms with Crippen LogP contribution in [0.3, 0.4) is 0 Å². The second kappa shape index (κ2) is 7.13. The van der Waals surface area contributed by atoms with E-state index in [1.807, 2.05) is 13.8 Å². The van der Waals surface area contributed by atoms with E-state index in [9.17, 15) is 9.59 Å². The molecule has 104 valence electrons. The number of carbonyl (C=O) groups excluding carboxylic acids is 1. The Labute approximate surface area is 120 Å². The highest BCUT2D eigenvalue weighted by atomic mass is 79.9. The average molecular weight is 330 g/mol. The zero-order valence-corrected chi connectivity index (χ0v) is 12.4. The van der Waals surface area contributed by atoms with Crippen molar-refractivity contribution in [2.24, 2.45) is 0 Å². The quantitative estimate of drug-likeness (QED) is 0.840. The van der Waals surface area contributed by atoms with Crippen LogP contribution < -0.4 is 10.1 Å². The van der Waals surface area contributed by atoms with Crippen molar-refractivity contribution in [1.82, 2.24) is 5.32 Å². The van der Waals surface area contributed by atoms with E-state index >= 15 is 0 Å². The largest absolute Gasteiger partial charge is 0.484 e. The number of carbonyl (C=O) groups is 2. The average Bonchev–Trinajstić information content (AvgIpc) is 2.37. The first-order valence-corrected chi connectivity index (χ1v) is 6.68. The third kappa shape index (κ3) is 4.90. The number of ether oxygens (including phenoxy) is 1. The molecule has 0 aliphatic carbocycles. The molecule has 2 N–H and O–H groups in total. The van der Waals surface area contributed by atoms with Crippen LogP contribution in [0.5, 0.6) is 5.75 Å². The second-order valence-electron chi connectivity index (χ2n) is 4.11. The molecule has 6 heteroatoms. The molecule has 0 aliphatic heterocycles. The predicted molar refractivity (Wildman–Crippen MR) is 74.5 cm³/mol. The van der Waals surface area contributed by atoms with Crippen molar-refractivity contribution in [1.29, 1.82) is 0 Å². The Hall–Kier alpha value is -1.56. The molecule has 19 heavy (non-hydrogen) atoms. The first-order valence-electron chi connectivity index (χ1n) is 5.89. The van der Waals surface area contributed by atoms with Crippen molar-refractivity contribution in [3.63, 3.8) is 0 Å². The zero-order chi connectivity index (χ0) is 14.4. The molecule has 0 saturated carbocycles. The van der Waals surface area contributed by atoms with Crippen molar-refractivity contribution in [3.8, 4) is 5.75 Å². The number of carboxylic acid groups (broad SMARTS) is 1. The fourth-order valence-electron chi connectivity index (χ4n) is 1.33. The molecule has 1 atom stereocenters. The molecule has 0 fully saturated rings. The first-order chi connectivity index (χ1) is 8.93. The minimum Gasteiger partial charge on any atom is -0.484 e. The summed E-state index contributed by atoms with van der Waals surface area (Å²) >= 11 is 3.14. The molecule has 0 aliphatic rings. The van der Waals surface area contributed by atoms with Gasteiger partial charge in [0.15, 0.2) is 6.61 Å². The van der Waals surface area contributed by atoms with Crippen LogP contribution in [0, 0.1) is 0 Å². The lowest BCUT2D eigenvalue weighted by atomic mass is 10.2. The molecule has 0 spiro atoms. The lowest BCUT2D eigenvalue weighted by Crippen LogP contribution is -2.35. The van der Waals surface area contributed by atoms with Gasteiger partial charge in [0, 0.05) is 10.5 Å². The number of carboxylic acids is 1. The fourth-order valence-corrected chi connectivity index (χ4v) is 1.74. The number of nitrogens with one attached hydrogen (secondary N) is 1. The second-order valence-corrected chi connectivity index (χ2v) is 4.97. The van der Waals surface area contributed by atoms with Crippen LogP contribution in [0.15, 0.2) is 22.7 Å². The number of benzene rings is 1. The van der Waals surface area contributed by atoms with Crippen LogP contribution in [0.25, 0.3) is 0 Å². The topological polar surface area (TPSA) is 75.6 Å². The van der Waals surface area contributed by atoms with E-state index < -0.39 is 5.97 Å². The summed E-state index contributed by atoms with van der Waals surface area (Å²) in [7, 11) is 0. The van der Waals surface area contributed by atoms with E-state index in [0.717, 1.165) is 6.42 Å². The molecule has 0 bridgehead atoms. The summed E-state index contributed by atoms with van der Waals surface area (Å²) in [5.74, 6) is -0.935. The van der Waals surface area contributed by atoms with Gasteiger partial charge in [-0.05, 0) is 47.5 Å². The summed E-state index contributed by atoms with van der Waals surface area (Å²) < 4.78 is 5.73. The third-order valence-corrected chi connectivity index (χ3v) is 3.25. The Balaban J connectivity index is 2.61. The summed E-state index contributed by atoms with van der Waals surface area (Å²) in [5, 5.41) is 11.7.